The molecular weight excluding hydrogens is 251 g/mol. The Labute approximate surface area is 94.5 Å². The molecule has 0 atom stereocenters. The Balaban J connectivity index is -0.0000000178. The van der Waals surface area contributed by atoms with Gasteiger partial charge < -0.3 is 36.0 Å². The van der Waals surface area contributed by atoms with Crippen molar-refractivity contribution in [3.8, 4) is 0 Å². The molecule has 0 unspecified atom stereocenters. The third kappa shape index (κ3) is 2640. The second-order valence-electron chi connectivity index (χ2n) is 0.990. The fourth-order valence-corrected chi connectivity index (χ4v) is 0. The minimum atomic E-state index is -6.00. The standard InChI is InChI=1S/2BF4.2ClH.Li.H/c2*2-1(3,4)5;;;;/h;;2*1H;;/q2*-1;;;+1;-1. The van der Waals surface area contributed by atoms with Gasteiger partial charge in [0.1, 0.15) is 0 Å². The van der Waals surface area contributed by atoms with E-state index < -0.39 is 14.5 Å². The normalized spacial score (nSPS) is 9.23. The molecular formula is H3B2Cl2F8Li-2. The van der Waals surface area contributed by atoms with E-state index in [2.05, 4.69) is 0 Å². The Morgan fingerprint density at radius 3 is 0.538 bits per heavy atom. The summed E-state index contributed by atoms with van der Waals surface area (Å²) in [6.45, 7) is 0. The second kappa shape index (κ2) is 10.8. The Hall–Kier alpha value is 0.747. The van der Waals surface area contributed by atoms with Crippen LogP contribution in [0.4, 0.5) is 34.5 Å². The predicted molar refractivity (Wildman–Crippen MR) is 36.0 cm³/mol. The fourth-order valence-electron chi connectivity index (χ4n) is 0. The van der Waals surface area contributed by atoms with E-state index in [1.54, 1.807) is 0 Å². The Bertz CT molecular complexity index is 68.3. The predicted octanol–water partition coefficient (Wildman–Crippen LogP) is 0.560. The van der Waals surface area contributed by atoms with Gasteiger partial charge in [-0.05, 0) is 0 Å². The fraction of sp³-hybridized carbons (Fsp3) is 0. The van der Waals surface area contributed by atoms with E-state index in [9.17, 15) is 34.5 Å². The molecule has 0 amide bonds. The molecule has 0 aromatic carbocycles. The Morgan fingerprint density at radius 2 is 0.538 bits per heavy atom. The van der Waals surface area contributed by atoms with Crippen molar-refractivity contribution < 1.29 is 54.8 Å². The van der Waals surface area contributed by atoms with Crippen molar-refractivity contribution in [1.29, 1.82) is 0 Å². The van der Waals surface area contributed by atoms with E-state index in [0.29, 0.717) is 0 Å². The Kier molecular flexibility index (Phi) is 24.3. The van der Waals surface area contributed by atoms with Gasteiger partial charge in [0.2, 0.25) is 0 Å². The maximum atomic E-state index is 9.75. The second-order valence-corrected chi connectivity index (χ2v) is 0.990. The molecule has 13 heavy (non-hydrogen) atoms. The zero-order chi connectivity index (χ0) is 9.00. The minimum Gasteiger partial charge on any atom is -1.00 e. The summed E-state index contributed by atoms with van der Waals surface area (Å²) in [6, 6.07) is 0. The first-order valence-electron chi connectivity index (χ1n) is 1.75. The molecule has 0 saturated heterocycles. The monoisotopic (exact) mass is 254 g/mol. The number of halogens is 10. The van der Waals surface area contributed by atoms with Crippen molar-refractivity contribution in [2.24, 2.45) is 0 Å². The van der Waals surface area contributed by atoms with Crippen LogP contribution in [0.3, 0.4) is 0 Å². The maximum Gasteiger partial charge on any atom is 1.00 e. The zero-order valence-corrected chi connectivity index (χ0v) is 7.63. The largest absolute Gasteiger partial charge is 1.00 e. The number of hydrogen-bond acceptors (Lipinski definition) is 0. The molecule has 0 heterocycles. The molecule has 0 aliphatic carbocycles. The molecule has 13 heteroatoms. The molecule has 0 bridgehead atoms. The molecule has 0 saturated carbocycles. The molecule has 0 aliphatic heterocycles. The van der Waals surface area contributed by atoms with Crippen LogP contribution in [0.15, 0.2) is 0 Å². The van der Waals surface area contributed by atoms with Crippen LogP contribution in [0.5, 0.6) is 0 Å². The van der Waals surface area contributed by atoms with Gasteiger partial charge in [-0.25, -0.2) is 0 Å². The van der Waals surface area contributed by atoms with Crippen molar-refractivity contribution in [3.63, 3.8) is 0 Å². The van der Waals surface area contributed by atoms with Crippen LogP contribution in [0, 0.1) is 0 Å². The molecule has 0 N–H and O–H groups in total. The third-order valence-corrected chi connectivity index (χ3v) is 0. The quantitative estimate of drug-likeness (QED) is 0.438. The summed E-state index contributed by atoms with van der Waals surface area (Å²) in [7, 11) is -12.0. The van der Waals surface area contributed by atoms with E-state index in [0.717, 1.165) is 0 Å². The van der Waals surface area contributed by atoms with Gasteiger partial charge in [-0.2, -0.15) is 0 Å². The van der Waals surface area contributed by atoms with Gasteiger partial charge in [0.15, 0.2) is 0 Å². The van der Waals surface area contributed by atoms with E-state index in [-0.39, 0.29) is 45.1 Å². The summed E-state index contributed by atoms with van der Waals surface area (Å²) >= 11 is 0. The molecule has 82 valence electrons. The first-order valence-corrected chi connectivity index (χ1v) is 1.75. The summed E-state index contributed by atoms with van der Waals surface area (Å²) in [6.07, 6.45) is 0. The first kappa shape index (κ1) is 29.2. The summed E-state index contributed by atoms with van der Waals surface area (Å²) < 4.78 is 78.0. The summed E-state index contributed by atoms with van der Waals surface area (Å²) in [4.78, 5) is 0. The average Bonchev–Trinajstić information content (AvgIpc) is 1.12. The Morgan fingerprint density at radius 1 is 0.538 bits per heavy atom. The van der Waals surface area contributed by atoms with E-state index in [1.807, 2.05) is 0 Å². The van der Waals surface area contributed by atoms with Gasteiger partial charge in [-0.3, -0.25) is 0 Å². The molecule has 0 aromatic rings. The molecule has 0 aromatic heterocycles. The molecule has 0 aliphatic rings. The molecule has 0 radical (unpaired) electrons. The van der Waals surface area contributed by atoms with Crippen molar-refractivity contribution in [3.05, 3.63) is 0 Å². The van der Waals surface area contributed by atoms with Crippen LogP contribution < -0.4 is 18.9 Å². The van der Waals surface area contributed by atoms with E-state index >= 15 is 0 Å². The van der Waals surface area contributed by atoms with Crippen molar-refractivity contribution in [1.82, 2.24) is 0 Å². The van der Waals surface area contributed by atoms with E-state index in [4.69, 9.17) is 0 Å². The van der Waals surface area contributed by atoms with Gasteiger partial charge in [0, 0.05) is 0 Å². The van der Waals surface area contributed by atoms with Gasteiger partial charge >= 0.3 is 33.4 Å². The zero-order valence-electron chi connectivity index (χ0n) is 6.99. The smallest absolute Gasteiger partial charge is 1.00 e. The molecule has 0 nitrogen and oxygen atoms in total. The summed E-state index contributed by atoms with van der Waals surface area (Å²) in [5.41, 5.74) is 0. The average molecular weight is 254 g/mol. The molecule has 0 spiro atoms. The number of rotatable bonds is 0. The van der Waals surface area contributed by atoms with Crippen molar-refractivity contribution in [2.75, 3.05) is 0 Å². The molecule has 0 rings (SSSR count). The van der Waals surface area contributed by atoms with Gasteiger partial charge in [-0.15, -0.1) is 24.8 Å². The van der Waals surface area contributed by atoms with Crippen molar-refractivity contribution >= 4 is 39.3 Å². The SMILES string of the molecule is Cl.Cl.F[B-](F)(F)F.F[B-](F)(F)F.[H-].[Li+]. The van der Waals surface area contributed by atoms with Crippen LogP contribution in [0.25, 0.3) is 0 Å². The van der Waals surface area contributed by atoms with Gasteiger partial charge in [0.05, 0.1) is 0 Å². The van der Waals surface area contributed by atoms with Crippen LogP contribution in [-0.2, 0) is 0 Å². The van der Waals surface area contributed by atoms with Crippen LogP contribution >= 0.6 is 24.8 Å². The summed E-state index contributed by atoms with van der Waals surface area (Å²) in [5, 5.41) is 0. The van der Waals surface area contributed by atoms with Crippen LogP contribution in [0.2, 0.25) is 0 Å². The first-order chi connectivity index (χ1) is 4.00. The van der Waals surface area contributed by atoms with Crippen LogP contribution in [0.1, 0.15) is 1.43 Å². The van der Waals surface area contributed by atoms with Crippen molar-refractivity contribution in [2.45, 2.75) is 0 Å². The third-order valence-electron chi connectivity index (χ3n) is 0. The molecule has 0 fully saturated rings. The summed E-state index contributed by atoms with van der Waals surface area (Å²) in [5.74, 6) is 0. The van der Waals surface area contributed by atoms with Crippen LogP contribution in [-0.4, -0.2) is 14.5 Å². The van der Waals surface area contributed by atoms with E-state index in [1.165, 1.54) is 0 Å². The number of hydrogen-bond donors (Lipinski definition) is 0. The van der Waals surface area contributed by atoms with Gasteiger partial charge in [-0.1, -0.05) is 0 Å². The topological polar surface area (TPSA) is 0 Å². The maximum absolute atomic E-state index is 9.75. The van der Waals surface area contributed by atoms with Gasteiger partial charge in [0.25, 0.3) is 0 Å². The minimum absolute atomic E-state index is 0.